The van der Waals surface area contributed by atoms with Crippen LogP contribution in [0.1, 0.15) is 90.9 Å². The number of carboxylic acid groups (broad SMARTS) is 1. The van der Waals surface area contributed by atoms with Crippen LogP contribution in [0.15, 0.2) is 4.99 Å². The average molecular weight is 756 g/mol. The number of amides is 6. The Morgan fingerprint density at radius 2 is 1.11 bits per heavy atom. The minimum absolute atomic E-state index is 0.0556. The van der Waals surface area contributed by atoms with Crippen LogP contribution in [0, 0.1) is 5.92 Å². The third kappa shape index (κ3) is 19.2. The summed E-state index contributed by atoms with van der Waals surface area (Å²) in [6.07, 6.45) is 1.61. The Bertz CT molecular complexity index is 1250. The Morgan fingerprint density at radius 3 is 1.57 bits per heavy atom. The lowest BCUT2D eigenvalue weighted by molar-refractivity contribution is -0.141. The average Bonchev–Trinajstić information content (AvgIpc) is 3.08. The van der Waals surface area contributed by atoms with Gasteiger partial charge in [-0.1, -0.05) is 13.8 Å². The van der Waals surface area contributed by atoms with Gasteiger partial charge < -0.3 is 65.0 Å². The Kier molecular flexibility index (Phi) is 22.3. The highest BCUT2D eigenvalue weighted by molar-refractivity contribution is 5.97. The van der Waals surface area contributed by atoms with Crippen LogP contribution < -0.4 is 54.8 Å². The van der Waals surface area contributed by atoms with E-state index in [0.29, 0.717) is 45.1 Å². The summed E-state index contributed by atoms with van der Waals surface area (Å²) in [5.74, 6) is -6.36. The quantitative estimate of drug-likeness (QED) is 0.0368. The molecule has 302 valence electrons. The number of unbranched alkanes of at least 4 members (excludes halogenated alkanes) is 3. The van der Waals surface area contributed by atoms with Crippen LogP contribution in [0.4, 0.5) is 0 Å². The molecule has 1 heterocycles. The zero-order chi connectivity index (χ0) is 39.9. The molecule has 0 aromatic carbocycles. The van der Waals surface area contributed by atoms with Crippen molar-refractivity contribution in [2.24, 2.45) is 33.8 Å². The zero-order valence-electron chi connectivity index (χ0n) is 30.9. The SMILES string of the molecule is CC(C)C[C@@H]1NC(=O)[C@H](CCCCN=C(N)N)NC(=O)[C@H](CCCCN)NC(=O)[C@H](CC(=O)O)NC(=O)[C@H](CCCCN)NC(=O)C[C@H](CO)NC1=O. The Hall–Kier alpha value is -4.56. The second-order valence-electron chi connectivity index (χ2n) is 13.6. The second-order valence-corrected chi connectivity index (χ2v) is 13.6. The van der Waals surface area contributed by atoms with Gasteiger partial charge in [0.25, 0.3) is 0 Å². The maximum absolute atomic E-state index is 13.8. The van der Waals surface area contributed by atoms with E-state index < -0.39 is 97.1 Å². The zero-order valence-corrected chi connectivity index (χ0v) is 30.9. The molecule has 0 radical (unpaired) electrons. The molecule has 1 saturated heterocycles. The molecule has 6 amide bonds. The first kappa shape index (κ1) is 46.5. The van der Waals surface area contributed by atoms with Gasteiger partial charge in [-0.2, -0.15) is 0 Å². The van der Waals surface area contributed by atoms with E-state index in [9.17, 15) is 43.8 Å². The fourth-order valence-electron chi connectivity index (χ4n) is 5.58. The molecule has 0 aliphatic carbocycles. The molecule has 16 N–H and O–H groups in total. The molecular weight excluding hydrogens is 694 g/mol. The number of nitrogens with zero attached hydrogens (tertiary/aromatic N) is 1. The van der Waals surface area contributed by atoms with E-state index in [1.165, 1.54) is 0 Å². The molecule has 53 heavy (non-hydrogen) atoms. The van der Waals surface area contributed by atoms with Crippen molar-refractivity contribution >= 4 is 47.4 Å². The Labute approximate surface area is 310 Å². The summed E-state index contributed by atoms with van der Waals surface area (Å²) in [5.41, 5.74) is 22.1. The molecule has 0 aromatic rings. The number of carboxylic acids is 1. The van der Waals surface area contributed by atoms with Crippen LogP contribution in [0.5, 0.6) is 0 Å². The lowest BCUT2D eigenvalue weighted by Gasteiger charge is -2.27. The Morgan fingerprint density at radius 1 is 0.679 bits per heavy atom. The van der Waals surface area contributed by atoms with Crippen molar-refractivity contribution in [1.82, 2.24) is 31.9 Å². The second kappa shape index (κ2) is 25.4. The molecular formula is C33H61N11O9. The van der Waals surface area contributed by atoms with Gasteiger partial charge in [0.2, 0.25) is 35.4 Å². The van der Waals surface area contributed by atoms with E-state index in [0.717, 1.165) is 0 Å². The van der Waals surface area contributed by atoms with Gasteiger partial charge in [-0.25, -0.2) is 0 Å². The summed E-state index contributed by atoms with van der Waals surface area (Å²) in [4.78, 5) is 97.1. The van der Waals surface area contributed by atoms with E-state index in [1.54, 1.807) is 0 Å². The first-order valence-corrected chi connectivity index (χ1v) is 18.2. The Balaban J connectivity index is 3.68. The summed E-state index contributed by atoms with van der Waals surface area (Å²) < 4.78 is 0. The van der Waals surface area contributed by atoms with Crippen LogP contribution in [0.25, 0.3) is 0 Å². The van der Waals surface area contributed by atoms with Gasteiger partial charge in [-0.05, 0) is 83.2 Å². The molecule has 1 fully saturated rings. The van der Waals surface area contributed by atoms with Crippen molar-refractivity contribution in [3.8, 4) is 0 Å². The number of nitrogens with one attached hydrogen (secondary N) is 6. The van der Waals surface area contributed by atoms with Gasteiger partial charge in [0.15, 0.2) is 5.96 Å². The predicted octanol–water partition coefficient (Wildman–Crippen LogP) is -3.49. The number of aliphatic hydroxyl groups is 1. The minimum Gasteiger partial charge on any atom is -0.481 e. The number of nitrogens with two attached hydrogens (primary N) is 4. The molecule has 20 nitrogen and oxygen atoms in total. The number of rotatable bonds is 18. The highest BCUT2D eigenvalue weighted by Crippen LogP contribution is 2.11. The molecule has 1 aliphatic heterocycles. The maximum Gasteiger partial charge on any atom is 0.305 e. The van der Waals surface area contributed by atoms with E-state index in [1.807, 2.05) is 13.8 Å². The molecule has 0 saturated carbocycles. The predicted molar refractivity (Wildman–Crippen MR) is 195 cm³/mol. The topological polar surface area (TPSA) is 349 Å². The largest absolute Gasteiger partial charge is 0.481 e. The number of aliphatic imine (C=N–C) groups is 1. The third-order valence-corrected chi connectivity index (χ3v) is 8.36. The summed E-state index contributed by atoms with van der Waals surface area (Å²) in [7, 11) is 0. The normalized spacial score (nSPS) is 24.0. The van der Waals surface area contributed by atoms with Crippen LogP contribution in [0.3, 0.4) is 0 Å². The van der Waals surface area contributed by atoms with Gasteiger partial charge in [-0.15, -0.1) is 0 Å². The lowest BCUT2D eigenvalue weighted by Crippen LogP contribution is -2.59. The van der Waals surface area contributed by atoms with E-state index >= 15 is 0 Å². The number of aliphatic carboxylic acids is 1. The number of carbonyl (C=O) groups is 7. The van der Waals surface area contributed by atoms with Gasteiger partial charge in [-0.3, -0.25) is 38.6 Å². The molecule has 1 rings (SSSR count). The van der Waals surface area contributed by atoms with E-state index in [4.69, 9.17) is 22.9 Å². The molecule has 1 aliphatic rings. The van der Waals surface area contributed by atoms with Crippen LogP contribution >= 0.6 is 0 Å². The number of hydrogen-bond donors (Lipinski definition) is 12. The highest BCUT2D eigenvalue weighted by Gasteiger charge is 2.34. The van der Waals surface area contributed by atoms with Crippen molar-refractivity contribution in [3.05, 3.63) is 0 Å². The van der Waals surface area contributed by atoms with Crippen molar-refractivity contribution < 1.29 is 43.8 Å². The van der Waals surface area contributed by atoms with Gasteiger partial charge >= 0.3 is 5.97 Å². The summed E-state index contributed by atoms with van der Waals surface area (Å²) >= 11 is 0. The molecule has 20 heteroatoms. The molecule has 0 bridgehead atoms. The standard InChI is InChI=1S/C33H61N11O9/c1-19(2)15-24-31(52)39-20(18-45)16-26(46)40-21(9-3-6-12-34)28(49)44-25(17-27(47)48)32(53)42-22(10-4-7-13-35)29(50)41-23(30(51)43-24)11-5-8-14-38-33(36)37/h19-25,45H,3-18,34-35H2,1-2H3,(H,39,52)(H,40,46)(H,41,50)(H,42,53)(H,43,51)(H,44,49)(H,47,48)(H4,36,37,38)/t20-,21+,22+,23+,24+,25+/m1/s1. The maximum atomic E-state index is 13.8. The van der Waals surface area contributed by atoms with E-state index in [-0.39, 0.29) is 50.7 Å². The fourth-order valence-corrected chi connectivity index (χ4v) is 5.58. The van der Waals surface area contributed by atoms with Gasteiger partial charge in [0, 0.05) is 13.0 Å². The van der Waals surface area contributed by atoms with Crippen LogP contribution in [-0.4, -0.2) is 120 Å². The summed E-state index contributed by atoms with van der Waals surface area (Å²) in [6, 6.07) is -7.62. The number of aliphatic hydroxyl groups excluding tert-OH is 1. The summed E-state index contributed by atoms with van der Waals surface area (Å²) in [5, 5.41) is 35.1. The molecule has 0 spiro atoms. The molecule has 6 atom stereocenters. The van der Waals surface area contributed by atoms with Gasteiger partial charge in [0.1, 0.15) is 30.2 Å². The first-order chi connectivity index (χ1) is 25.1. The highest BCUT2D eigenvalue weighted by atomic mass is 16.4. The first-order valence-electron chi connectivity index (χ1n) is 18.2. The number of guanidine groups is 1. The summed E-state index contributed by atoms with van der Waals surface area (Å²) in [6.45, 7) is 3.83. The fraction of sp³-hybridized carbons (Fsp3) is 0.758. The van der Waals surface area contributed by atoms with Crippen molar-refractivity contribution in [2.75, 3.05) is 26.2 Å². The van der Waals surface area contributed by atoms with Gasteiger partial charge in [0.05, 0.1) is 19.1 Å². The third-order valence-electron chi connectivity index (χ3n) is 8.36. The molecule has 0 unspecified atom stereocenters. The van der Waals surface area contributed by atoms with Crippen LogP contribution in [-0.2, 0) is 33.6 Å². The minimum atomic E-state index is -1.66. The van der Waals surface area contributed by atoms with Crippen LogP contribution in [0.2, 0.25) is 0 Å². The number of carbonyl (C=O) groups excluding carboxylic acids is 6. The smallest absolute Gasteiger partial charge is 0.305 e. The van der Waals surface area contributed by atoms with E-state index in [2.05, 4.69) is 36.9 Å². The molecule has 0 aromatic heterocycles. The lowest BCUT2D eigenvalue weighted by atomic mass is 10.0. The van der Waals surface area contributed by atoms with Crippen molar-refractivity contribution in [2.45, 2.75) is 127 Å². The monoisotopic (exact) mass is 755 g/mol. The van der Waals surface area contributed by atoms with Crippen molar-refractivity contribution in [3.63, 3.8) is 0 Å². The number of hydrogen-bond acceptors (Lipinski definition) is 11. The van der Waals surface area contributed by atoms with Crippen molar-refractivity contribution in [1.29, 1.82) is 0 Å².